The van der Waals surface area contributed by atoms with Gasteiger partial charge in [-0.3, -0.25) is 4.79 Å². The van der Waals surface area contributed by atoms with E-state index in [-0.39, 0.29) is 5.91 Å². The maximum absolute atomic E-state index is 11.3. The smallest absolute Gasteiger partial charge is 0.251 e. The number of hydrogen-bond acceptors (Lipinski definition) is 3. The molecule has 4 nitrogen and oxygen atoms in total. The molecule has 0 radical (unpaired) electrons. The molecule has 1 unspecified atom stereocenters. The molecular formula is C8H16N2O2. The van der Waals surface area contributed by atoms with E-state index >= 15 is 0 Å². The molecule has 1 rings (SSSR count). The third-order valence-corrected chi connectivity index (χ3v) is 2.04. The van der Waals surface area contributed by atoms with Crippen molar-refractivity contribution >= 4 is 5.91 Å². The molecule has 1 aliphatic rings. The fourth-order valence-corrected chi connectivity index (χ4v) is 1.40. The first-order chi connectivity index (χ1) is 5.61. The Bertz CT molecular complexity index is 170. The van der Waals surface area contributed by atoms with Gasteiger partial charge in [0.15, 0.2) is 0 Å². The molecule has 0 bridgehead atoms. The van der Waals surface area contributed by atoms with Gasteiger partial charge in [-0.2, -0.15) is 0 Å². The van der Waals surface area contributed by atoms with Crippen LogP contribution in [0.5, 0.6) is 0 Å². The molecule has 1 fully saturated rings. The molecule has 0 saturated carbocycles. The van der Waals surface area contributed by atoms with E-state index in [1.807, 2.05) is 6.92 Å². The van der Waals surface area contributed by atoms with E-state index in [4.69, 9.17) is 5.11 Å². The van der Waals surface area contributed by atoms with Gasteiger partial charge in [0, 0.05) is 25.7 Å². The molecule has 0 spiro atoms. The highest BCUT2D eigenvalue weighted by molar-refractivity contribution is 5.80. The summed E-state index contributed by atoms with van der Waals surface area (Å²) in [4.78, 5) is 13.0. The maximum Gasteiger partial charge on any atom is 0.251 e. The zero-order chi connectivity index (χ0) is 9.14. The number of aliphatic hydroxyl groups excluding tert-OH is 1. The van der Waals surface area contributed by atoms with Crippen molar-refractivity contribution in [3.05, 3.63) is 0 Å². The van der Waals surface area contributed by atoms with Crippen molar-refractivity contribution in [3.63, 3.8) is 0 Å². The second-order valence-electron chi connectivity index (χ2n) is 3.32. The second kappa shape index (κ2) is 3.87. The van der Waals surface area contributed by atoms with E-state index in [1.165, 1.54) is 6.92 Å². The predicted molar refractivity (Wildman–Crippen MR) is 45.7 cm³/mol. The molecule has 1 heterocycles. The fraction of sp³-hybridized carbons (Fsp3) is 0.875. The van der Waals surface area contributed by atoms with Crippen molar-refractivity contribution in [1.29, 1.82) is 0 Å². The summed E-state index contributed by atoms with van der Waals surface area (Å²) in [6.07, 6.45) is -0.865. The number of carbonyl (C=O) groups is 1. The van der Waals surface area contributed by atoms with E-state index in [0.29, 0.717) is 19.1 Å². The summed E-state index contributed by atoms with van der Waals surface area (Å²) < 4.78 is 0. The monoisotopic (exact) mass is 172 g/mol. The van der Waals surface area contributed by atoms with Gasteiger partial charge in [-0.25, -0.2) is 0 Å². The lowest BCUT2D eigenvalue weighted by Crippen LogP contribution is -2.53. The third-order valence-electron chi connectivity index (χ3n) is 2.04. The number of nitrogens with zero attached hydrogens (tertiary/aromatic N) is 1. The highest BCUT2D eigenvalue weighted by Crippen LogP contribution is 2.01. The molecule has 2 atom stereocenters. The van der Waals surface area contributed by atoms with Crippen molar-refractivity contribution in [2.24, 2.45) is 0 Å². The van der Waals surface area contributed by atoms with Crippen LogP contribution in [0, 0.1) is 0 Å². The Kier molecular flexibility index (Phi) is 3.05. The standard InChI is InChI=1S/C8H16N2O2/c1-6-5-10(4-3-9-6)8(12)7(2)11/h6-7,9,11H,3-5H2,1-2H3/t6?,7-/m1/s1. The molecule has 1 saturated heterocycles. The predicted octanol–water partition coefficient (Wildman–Crippen LogP) is -0.812. The van der Waals surface area contributed by atoms with Crippen LogP contribution in [0.3, 0.4) is 0 Å². The topological polar surface area (TPSA) is 52.6 Å². The van der Waals surface area contributed by atoms with Gasteiger partial charge in [-0.05, 0) is 13.8 Å². The maximum atomic E-state index is 11.3. The Morgan fingerprint density at radius 3 is 2.92 bits per heavy atom. The summed E-state index contributed by atoms with van der Waals surface area (Å²) in [5.74, 6) is -0.164. The summed E-state index contributed by atoms with van der Waals surface area (Å²) in [7, 11) is 0. The van der Waals surface area contributed by atoms with Gasteiger partial charge in [-0.1, -0.05) is 0 Å². The van der Waals surface area contributed by atoms with Crippen LogP contribution in [-0.2, 0) is 4.79 Å². The second-order valence-corrected chi connectivity index (χ2v) is 3.32. The zero-order valence-corrected chi connectivity index (χ0v) is 7.58. The number of carbonyl (C=O) groups excluding carboxylic acids is 1. The van der Waals surface area contributed by atoms with Crippen LogP contribution in [0.4, 0.5) is 0 Å². The van der Waals surface area contributed by atoms with E-state index < -0.39 is 6.10 Å². The summed E-state index contributed by atoms with van der Waals surface area (Å²) in [6.45, 7) is 5.76. The summed E-state index contributed by atoms with van der Waals surface area (Å²) in [5, 5.41) is 12.3. The minimum Gasteiger partial charge on any atom is -0.384 e. The van der Waals surface area contributed by atoms with Crippen LogP contribution in [0.2, 0.25) is 0 Å². The number of nitrogens with one attached hydrogen (secondary N) is 1. The van der Waals surface area contributed by atoms with E-state index in [2.05, 4.69) is 5.32 Å². The zero-order valence-electron chi connectivity index (χ0n) is 7.58. The lowest BCUT2D eigenvalue weighted by molar-refractivity contribution is -0.140. The van der Waals surface area contributed by atoms with Gasteiger partial charge in [0.1, 0.15) is 6.10 Å². The molecule has 70 valence electrons. The van der Waals surface area contributed by atoms with Crippen molar-refractivity contribution in [3.8, 4) is 0 Å². The number of aliphatic hydroxyl groups is 1. The summed E-state index contributed by atoms with van der Waals surface area (Å²) in [5.41, 5.74) is 0. The molecule has 12 heavy (non-hydrogen) atoms. The molecule has 0 aliphatic carbocycles. The van der Waals surface area contributed by atoms with Crippen molar-refractivity contribution in [1.82, 2.24) is 10.2 Å². The normalized spacial score (nSPS) is 26.9. The van der Waals surface area contributed by atoms with Crippen LogP contribution in [0.25, 0.3) is 0 Å². The molecule has 1 amide bonds. The number of hydrogen-bond donors (Lipinski definition) is 2. The Morgan fingerprint density at radius 2 is 2.42 bits per heavy atom. The molecule has 1 aliphatic heterocycles. The SMILES string of the molecule is CC1CN(C(=O)[C@@H](C)O)CCN1. The largest absolute Gasteiger partial charge is 0.384 e. The Morgan fingerprint density at radius 1 is 1.75 bits per heavy atom. The Hall–Kier alpha value is -0.610. The first kappa shape index (κ1) is 9.48. The first-order valence-corrected chi connectivity index (χ1v) is 4.31. The van der Waals surface area contributed by atoms with Crippen LogP contribution in [-0.4, -0.2) is 47.7 Å². The quantitative estimate of drug-likeness (QED) is 0.544. The molecule has 0 aromatic carbocycles. The molecule has 4 heteroatoms. The molecule has 2 N–H and O–H groups in total. The lowest BCUT2D eigenvalue weighted by Gasteiger charge is -2.32. The van der Waals surface area contributed by atoms with Crippen molar-refractivity contribution in [2.45, 2.75) is 26.0 Å². The average molecular weight is 172 g/mol. The highest BCUT2D eigenvalue weighted by atomic mass is 16.3. The summed E-state index contributed by atoms with van der Waals surface area (Å²) in [6, 6.07) is 0.335. The number of amides is 1. The minimum atomic E-state index is -0.865. The number of rotatable bonds is 1. The Labute approximate surface area is 72.6 Å². The highest BCUT2D eigenvalue weighted by Gasteiger charge is 2.22. The van der Waals surface area contributed by atoms with Crippen LogP contribution < -0.4 is 5.32 Å². The number of piperazine rings is 1. The Balaban J connectivity index is 2.46. The first-order valence-electron chi connectivity index (χ1n) is 4.31. The van der Waals surface area contributed by atoms with Gasteiger partial charge in [0.05, 0.1) is 0 Å². The fourth-order valence-electron chi connectivity index (χ4n) is 1.40. The van der Waals surface area contributed by atoms with Gasteiger partial charge in [0.2, 0.25) is 0 Å². The van der Waals surface area contributed by atoms with Gasteiger partial charge in [-0.15, -0.1) is 0 Å². The average Bonchev–Trinajstić information content (AvgIpc) is 2.03. The molecule has 0 aromatic rings. The molecular weight excluding hydrogens is 156 g/mol. The summed E-state index contributed by atoms with van der Waals surface area (Å²) >= 11 is 0. The van der Waals surface area contributed by atoms with Crippen molar-refractivity contribution < 1.29 is 9.90 Å². The van der Waals surface area contributed by atoms with Crippen LogP contribution in [0.1, 0.15) is 13.8 Å². The third kappa shape index (κ3) is 2.19. The van der Waals surface area contributed by atoms with E-state index in [0.717, 1.165) is 6.54 Å². The van der Waals surface area contributed by atoms with Crippen molar-refractivity contribution in [2.75, 3.05) is 19.6 Å². The lowest BCUT2D eigenvalue weighted by atomic mass is 10.2. The van der Waals surface area contributed by atoms with Crippen LogP contribution >= 0.6 is 0 Å². The van der Waals surface area contributed by atoms with Gasteiger partial charge >= 0.3 is 0 Å². The minimum absolute atomic E-state index is 0.164. The van der Waals surface area contributed by atoms with Gasteiger partial charge < -0.3 is 15.3 Å². The van der Waals surface area contributed by atoms with Gasteiger partial charge in [0.25, 0.3) is 5.91 Å². The van der Waals surface area contributed by atoms with Crippen LogP contribution in [0.15, 0.2) is 0 Å². The molecule has 0 aromatic heterocycles. The van der Waals surface area contributed by atoms with E-state index in [9.17, 15) is 4.79 Å². The van der Waals surface area contributed by atoms with E-state index in [1.54, 1.807) is 4.90 Å².